The molecule has 0 bridgehead atoms. The summed E-state index contributed by atoms with van der Waals surface area (Å²) in [6.07, 6.45) is 2.81. The maximum Gasteiger partial charge on any atom is 0.340 e. The third-order valence-electron chi connectivity index (χ3n) is 3.85. The predicted octanol–water partition coefficient (Wildman–Crippen LogP) is 3.14. The van der Waals surface area contributed by atoms with Crippen LogP contribution >= 0.6 is 22.9 Å². The first-order chi connectivity index (χ1) is 12.0. The van der Waals surface area contributed by atoms with Gasteiger partial charge in [0.15, 0.2) is 6.61 Å². The minimum absolute atomic E-state index is 0.144. The third kappa shape index (κ3) is 3.60. The van der Waals surface area contributed by atoms with Gasteiger partial charge >= 0.3 is 5.97 Å². The van der Waals surface area contributed by atoms with Gasteiger partial charge in [0, 0.05) is 15.6 Å². The molecule has 6 nitrogen and oxygen atoms in total. The molecule has 1 aliphatic rings. The molecule has 1 aromatic heterocycles. The Labute approximate surface area is 153 Å². The van der Waals surface area contributed by atoms with Gasteiger partial charge in [0.25, 0.3) is 5.91 Å². The fourth-order valence-corrected chi connectivity index (χ4v) is 4.14. The van der Waals surface area contributed by atoms with Crippen LogP contribution in [0.5, 0.6) is 0 Å². The summed E-state index contributed by atoms with van der Waals surface area (Å²) in [7, 11) is 0. The Morgan fingerprint density at radius 1 is 1.40 bits per heavy atom. The number of nitriles is 1. The van der Waals surface area contributed by atoms with E-state index in [1.54, 1.807) is 0 Å². The number of hydrogen-bond acceptors (Lipinski definition) is 6. The summed E-state index contributed by atoms with van der Waals surface area (Å²) < 4.78 is 4.98. The molecule has 0 unspecified atom stereocenters. The van der Waals surface area contributed by atoms with Crippen molar-refractivity contribution < 1.29 is 14.3 Å². The number of nitrogen functional groups attached to an aromatic ring is 1. The molecule has 3 rings (SSSR count). The summed E-state index contributed by atoms with van der Waals surface area (Å²) in [5.41, 5.74) is 7.57. The molecule has 0 spiro atoms. The Balaban J connectivity index is 1.62. The maximum atomic E-state index is 12.0. The van der Waals surface area contributed by atoms with Gasteiger partial charge in [-0.25, -0.2) is 4.79 Å². The van der Waals surface area contributed by atoms with E-state index >= 15 is 0 Å². The molecule has 8 heteroatoms. The lowest BCUT2D eigenvalue weighted by atomic mass is 10.1. The SMILES string of the molecule is N#Cc1c(NC(=O)COC(=O)c2ccc(Cl)cc2N)sc2c1CCC2. The molecule has 0 radical (unpaired) electrons. The van der Waals surface area contributed by atoms with Crippen LogP contribution in [0.4, 0.5) is 10.7 Å². The number of nitrogens with one attached hydrogen (secondary N) is 1. The van der Waals surface area contributed by atoms with Crippen molar-refractivity contribution >= 4 is 45.5 Å². The molecule has 1 heterocycles. The lowest BCUT2D eigenvalue weighted by Crippen LogP contribution is -2.21. The van der Waals surface area contributed by atoms with E-state index < -0.39 is 18.5 Å². The summed E-state index contributed by atoms with van der Waals surface area (Å²) in [6.45, 7) is -0.464. The van der Waals surface area contributed by atoms with Crippen molar-refractivity contribution in [3.05, 3.63) is 44.8 Å². The fraction of sp³-hybridized carbons (Fsp3) is 0.235. The van der Waals surface area contributed by atoms with Crippen LogP contribution in [-0.2, 0) is 22.4 Å². The molecule has 0 saturated carbocycles. The second-order valence-corrected chi connectivity index (χ2v) is 7.07. The number of ether oxygens (including phenoxy) is 1. The maximum absolute atomic E-state index is 12.0. The Morgan fingerprint density at radius 2 is 2.20 bits per heavy atom. The van der Waals surface area contributed by atoms with E-state index in [9.17, 15) is 14.9 Å². The number of nitrogens with two attached hydrogens (primary N) is 1. The number of esters is 1. The van der Waals surface area contributed by atoms with E-state index in [-0.39, 0.29) is 11.3 Å². The summed E-state index contributed by atoms with van der Waals surface area (Å²) in [5, 5.41) is 12.9. The van der Waals surface area contributed by atoms with Crippen LogP contribution in [0.3, 0.4) is 0 Å². The molecule has 1 aromatic carbocycles. The number of anilines is 2. The molecule has 3 N–H and O–H groups in total. The second-order valence-electron chi connectivity index (χ2n) is 5.53. The number of fused-ring (bicyclic) bond motifs is 1. The molecule has 128 valence electrons. The highest BCUT2D eigenvalue weighted by atomic mass is 35.5. The minimum Gasteiger partial charge on any atom is -0.452 e. The normalized spacial score (nSPS) is 12.3. The highest BCUT2D eigenvalue weighted by molar-refractivity contribution is 7.16. The lowest BCUT2D eigenvalue weighted by molar-refractivity contribution is -0.119. The van der Waals surface area contributed by atoms with Gasteiger partial charge in [-0.2, -0.15) is 5.26 Å². The van der Waals surface area contributed by atoms with E-state index in [2.05, 4.69) is 11.4 Å². The Bertz CT molecular complexity index is 901. The smallest absolute Gasteiger partial charge is 0.340 e. The highest BCUT2D eigenvalue weighted by Gasteiger charge is 2.23. The zero-order valence-corrected chi connectivity index (χ0v) is 14.7. The van der Waals surface area contributed by atoms with Crippen LogP contribution in [0, 0.1) is 11.3 Å². The first-order valence-corrected chi connectivity index (χ1v) is 8.75. The number of benzene rings is 1. The van der Waals surface area contributed by atoms with Crippen molar-refractivity contribution in [1.29, 1.82) is 5.26 Å². The number of thiophene rings is 1. The van der Waals surface area contributed by atoms with Gasteiger partial charge in [-0.3, -0.25) is 4.79 Å². The molecule has 1 amide bonds. The number of halogens is 1. The molecule has 1 aliphatic carbocycles. The zero-order valence-electron chi connectivity index (χ0n) is 13.1. The standard InChI is InChI=1S/C17H14ClN3O3S/c18-9-4-5-11(13(20)6-9)17(23)24-8-15(22)21-16-12(7-19)10-2-1-3-14(10)25-16/h4-6H,1-3,8,20H2,(H,21,22). The summed E-state index contributed by atoms with van der Waals surface area (Å²) in [5.74, 6) is -1.21. The minimum atomic E-state index is -0.710. The van der Waals surface area contributed by atoms with Gasteiger partial charge in [-0.05, 0) is 43.0 Å². The van der Waals surface area contributed by atoms with E-state index in [1.165, 1.54) is 29.5 Å². The molecule has 0 saturated heterocycles. The third-order valence-corrected chi connectivity index (χ3v) is 5.30. The monoisotopic (exact) mass is 375 g/mol. The predicted molar refractivity (Wildman–Crippen MR) is 95.8 cm³/mol. The van der Waals surface area contributed by atoms with Gasteiger partial charge in [-0.1, -0.05) is 11.6 Å². The molecule has 0 fully saturated rings. The topological polar surface area (TPSA) is 105 Å². The van der Waals surface area contributed by atoms with Gasteiger partial charge < -0.3 is 15.8 Å². The highest BCUT2D eigenvalue weighted by Crippen LogP contribution is 2.38. The average Bonchev–Trinajstić information content (AvgIpc) is 3.13. The molecule has 2 aromatic rings. The summed E-state index contributed by atoms with van der Waals surface area (Å²) in [6, 6.07) is 6.53. The van der Waals surface area contributed by atoms with Crippen molar-refractivity contribution in [2.24, 2.45) is 0 Å². The average molecular weight is 376 g/mol. The van der Waals surface area contributed by atoms with E-state index in [0.29, 0.717) is 15.6 Å². The van der Waals surface area contributed by atoms with Crippen molar-refractivity contribution in [3.8, 4) is 6.07 Å². The molecule has 0 aliphatic heterocycles. The number of rotatable bonds is 4. The molecule has 0 atom stereocenters. The Kier molecular flexibility index (Phi) is 4.93. The van der Waals surface area contributed by atoms with Crippen molar-refractivity contribution in [2.75, 3.05) is 17.7 Å². The van der Waals surface area contributed by atoms with Crippen LogP contribution in [-0.4, -0.2) is 18.5 Å². The first kappa shape index (κ1) is 17.3. The number of carbonyl (C=O) groups excluding carboxylic acids is 2. The number of amides is 1. The van der Waals surface area contributed by atoms with Crippen LogP contribution in [0.15, 0.2) is 18.2 Å². The van der Waals surface area contributed by atoms with E-state index in [1.807, 2.05) is 0 Å². The first-order valence-electron chi connectivity index (χ1n) is 7.56. The van der Waals surface area contributed by atoms with Crippen LogP contribution in [0.2, 0.25) is 5.02 Å². The number of carbonyl (C=O) groups is 2. The van der Waals surface area contributed by atoms with Gasteiger partial charge in [0.2, 0.25) is 0 Å². The van der Waals surface area contributed by atoms with E-state index in [0.717, 1.165) is 29.7 Å². The number of nitrogens with zero attached hydrogens (tertiary/aromatic N) is 1. The van der Waals surface area contributed by atoms with Gasteiger partial charge in [-0.15, -0.1) is 11.3 Å². The van der Waals surface area contributed by atoms with Crippen LogP contribution in [0.1, 0.15) is 32.8 Å². The van der Waals surface area contributed by atoms with Crippen LogP contribution in [0.25, 0.3) is 0 Å². The van der Waals surface area contributed by atoms with Crippen molar-refractivity contribution in [2.45, 2.75) is 19.3 Å². The molecular formula is C17H14ClN3O3S. The van der Waals surface area contributed by atoms with Gasteiger partial charge in [0.1, 0.15) is 11.1 Å². The fourth-order valence-electron chi connectivity index (χ4n) is 2.70. The van der Waals surface area contributed by atoms with Crippen molar-refractivity contribution in [1.82, 2.24) is 0 Å². The Morgan fingerprint density at radius 3 is 2.92 bits per heavy atom. The van der Waals surface area contributed by atoms with Crippen molar-refractivity contribution in [3.63, 3.8) is 0 Å². The second kappa shape index (κ2) is 7.13. The Hall–Kier alpha value is -2.56. The van der Waals surface area contributed by atoms with Crippen LogP contribution < -0.4 is 11.1 Å². The lowest BCUT2D eigenvalue weighted by Gasteiger charge is -2.08. The number of hydrogen-bond donors (Lipinski definition) is 2. The molecular weight excluding hydrogens is 362 g/mol. The van der Waals surface area contributed by atoms with E-state index in [4.69, 9.17) is 22.1 Å². The molecule has 25 heavy (non-hydrogen) atoms. The van der Waals surface area contributed by atoms with Gasteiger partial charge in [0.05, 0.1) is 11.1 Å². The quantitative estimate of drug-likeness (QED) is 0.630. The summed E-state index contributed by atoms with van der Waals surface area (Å²) in [4.78, 5) is 25.2. The largest absolute Gasteiger partial charge is 0.452 e. The summed E-state index contributed by atoms with van der Waals surface area (Å²) >= 11 is 7.18. The number of aryl methyl sites for hydroxylation is 1. The zero-order chi connectivity index (χ0) is 18.0.